The van der Waals surface area contributed by atoms with E-state index in [-0.39, 0.29) is 4.90 Å². The summed E-state index contributed by atoms with van der Waals surface area (Å²) >= 11 is 2.06. The maximum atomic E-state index is 12.1. The van der Waals surface area contributed by atoms with Crippen LogP contribution in [0.1, 0.15) is 20.8 Å². The maximum Gasteiger partial charge on any atom is 0.322 e. The predicted octanol–water partition coefficient (Wildman–Crippen LogP) is 2.07. The molecule has 0 heterocycles. The lowest BCUT2D eigenvalue weighted by atomic mass is 9.88. The van der Waals surface area contributed by atoms with Crippen LogP contribution in [-0.2, 0) is 14.8 Å². The Balaban J connectivity index is 3.08. The molecule has 5 nitrogen and oxygen atoms in total. The van der Waals surface area contributed by atoms with E-state index in [9.17, 15) is 13.2 Å². The smallest absolute Gasteiger partial charge is 0.322 e. The van der Waals surface area contributed by atoms with E-state index in [0.717, 1.165) is 3.57 Å². The fourth-order valence-corrected chi connectivity index (χ4v) is 3.19. The number of nitrogens with one attached hydrogen (secondary N) is 1. The summed E-state index contributed by atoms with van der Waals surface area (Å²) in [6, 6.07) is 5.03. The molecule has 1 unspecified atom stereocenters. The standard InChI is InChI=1S/C12H16INO4S/c1-12(2,3)10(11(15)16)14-19(17,18)9-6-4-8(13)5-7-9/h4-7,10,14H,1-3H3,(H,15,16). The number of sulfonamides is 1. The predicted molar refractivity (Wildman–Crippen MR) is 80.4 cm³/mol. The van der Waals surface area contributed by atoms with Gasteiger partial charge in [-0.05, 0) is 52.3 Å². The fraction of sp³-hybridized carbons (Fsp3) is 0.417. The first-order valence-electron chi connectivity index (χ1n) is 5.55. The van der Waals surface area contributed by atoms with Crippen molar-refractivity contribution < 1.29 is 18.3 Å². The first kappa shape index (κ1) is 16.4. The van der Waals surface area contributed by atoms with Crippen LogP contribution in [0.25, 0.3) is 0 Å². The summed E-state index contributed by atoms with van der Waals surface area (Å²) in [4.78, 5) is 11.2. The van der Waals surface area contributed by atoms with E-state index in [1.54, 1.807) is 32.9 Å². The molecule has 2 N–H and O–H groups in total. The molecular formula is C12H16INO4S. The molecule has 0 amide bonds. The largest absolute Gasteiger partial charge is 0.480 e. The van der Waals surface area contributed by atoms with Gasteiger partial charge >= 0.3 is 5.97 Å². The van der Waals surface area contributed by atoms with Crippen LogP contribution in [0, 0.1) is 8.99 Å². The molecule has 1 atom stereocenters. The van der Waals surface area contributed by atoms with Crippen molar-refractivity contribution in [2.75, 3.05) is 0 Å². The van der Waals surface area contributed by atoms with Crippen molar-refractivity contribution in [1.29, 1.82) is 0 Å². The van der Waals surface area contributed by atoms with Gasteiger partial charge in [0.1, 0.15) is 6.04 Å². The summed E-state index contributed by atoms with van der Waals surface area (Å²) in [7, 11) is -3.84. The van der Waals surface area contributed by atoms with Gasteiger partial charge in [0.2, 0.25) is 10.0 Å². The van der Waals surface area contributed by atoms with Crippen LogP contribution < -0.4 is 4.72 Å². The van der Waals surface area contributed by atoms with Gasteiger partial charge in [0.25, 0.3) is 0 Å². The minimum absolute atomic E-state index is 0.0587. The molecule has 1 rings (SSSR count). The van der Waals surface area contributed by atoms with Crippen LogP contribution in [0.4, 0.5) is 0 Å². The van der Waals surface area contributed by atoms with Gasteiger partial charge < -0.3 is 5.11 Å². The normalized spacial score (nSPS) is 14.1. The van der Waals surface area contributed by atoms with E-state index in [0.29, 0.717) is 0 Å². The molecule has 7 heteroatoms. The third-order valence-corrected chi connectivity index (χ3v) is 4.67. The molecule has 106 valence electrons. The molecule has 1 aromatic carbocycles. The molecule has 0 spiro atoms. The van der Waals surface area contributed by atoms with Gasteiger partial charge in [0, 0.05) is 3.57 Å². The van der Waals surface area contributed by atoms with Gasteiger partial charge in [-0.2, -0.15) is 4.72 Å². The molecule has 0 aliphatic heterocycles. The Morgan fingerprint density at radius 3 is 2.11 bits per heavy atom. The Bertz CT molecular complexity index is 560. The van der Waals surface area contributed by atoms with E-state index in [4.69, 9.17) is 5.11 Å². The number of carboxylic acids is 1. The van der Waals surface area contributed by atoms with Crippen LogP contribution >= 0.6 is 22.6 Å². The number of hydrogen-bond donors (Lipinski definition) is 2. The fourth-order valence-electron chi connectivity index (χ4n) is 1.43. The summed E-state index contributed by atoms with van der Waals surface area (Å²) in [6.07, 6.45) is 0. The average Bonchev–Trinajstić information content (AvgIpc) is 2.24. The summed E-state index contributed by atoms with van der Waals surface area (Å²) in [5.74, 6) is -1.19. The Hall–Kier alpha value is -0.670. The van der Waals surface area contributed by atoms with Gasteiger partial charge in [-0.1, -0.05) is 20.8 Å². The number of aliphatic carboxylic acids is 1. The third-order valence-electron chi connectivity index (χ3n) is 2.51. The van der Waals surface area contributed by atoms with E-state index >= 15 is 0 Å². The van der Waals surface area contributed by atoms with Crippen molar-refractivity contribution in [2.45, 2.75) is 31.7 Å². The molecule has 0 aromatic heterocycles. The molecule has 0 saturated heterocycles. The second-order valence-electron chi connectivity index (χ2n) is 5.21. The maximum absolute atomic E-state index is 12.1. The molecule has 0 bridgehead atoms. The van der Waals surface area contributed by atoms with Gasteiger partial charge in [-0.25, -0.2) is 8.42 Å². The molecule has 0 aliphatic rings. The summed E-state index contributed by atoms with van der Waals surface area (Å²) in [6.45, 7) is 5.01. The number of halogens is 1. The highest BCUT2D eigenvalue weighted by molar-refractivity contribution is 14.1. The zero-order chi connectivity index (χ0) is 14.8. The highest BCUT2D eigenvalue weighted by Gasteiger charge is 2.35. The highest BCUT2D eigenvalue weighted by Crippen LogP contribution is 2.22. The third kappa shape index (κ3) is 4.43. The van der Waals surface area contributed by atoms with Crippen molar-refractivity contribution in [3.8, 4) is 0 Å². The molecule has 0 radical (unpaired) electrons. The SMILES string of the molecule is CC(C)(C)C(NS(=O)(=O)c1ccc(I)cc1)C(=O)O. The zero-order valence-corrected chi connectivity index (χ0v) is 13.8. The van der Waals surface area contributed by atoms with Crippen LogP contribution in [-0.4, -0.2) is 25.5 Å². The lowest BCUT2D eigenvalue weighted by Crippen LogP contribution is -2.48. The van der Waals surface area contributed by atoms with Crippen molar-refractivity contribution in [3.05, 3.63) is 27.8 Å². The Labute approximate surface area is 126 Å². The lowest BCUT2D eigenvalue weighted by Gasteiger charge is -2.27. The highest BCUT2D eigenvalue weighted by atomic mass is 127. The molecule has 0 aliphatic carbocycles. The average molecular weight is 397 g/mol. The van der Waals surface area contributed by atoms with Crippen LogP contribution in [0.2, 0.25) is 0 Å². The minimum Gasteiger partial charge on any atom is -0.480 e. The minimum atomic E-state index is -3.84. The summed E-state index contributed by atoms with van der Waals surface area (Å²) < 4.78 is 27.4. The molecule has 1 aromatic rings. The quantitative estimate of drug-likeness (QED) is 0.763. The van der Waals surface area contributed by atoms with Gasteiger partial charge in [0.15, 0.2) is 0 Å². The van der Waals surface area contributed by atoms with E-state index in [1.165, 1.54) is 12.1 Å². The number of hydrogen-bond acceptors (Lipinski definition) is 3. The first-order chi connectivity index (χ1) is 8.54. The van der Waals surface area contributed by atoms with Crippen molar-refractivity contribution in [1.82, 2.24) is 4.72 Å². The second kappa shape index (κ2) is 5.76. The van der Waals surface area contributed by atoms with E-state index in [1.807, 2.05) is 0 Å². The summed E-state index contributed by atoms with van der Waals surface area (Å²) in [5, 5.41) is 9.14. The molecule has 0 saturated carbocycles. The molecule has 19 heavy (non-hydrogen) atoms. The zero-order valence-electron chi connectivity index (χ0n) is 10.8. The Morgan fingerprint density at radius 2 is 1.74 bits per heavy atom. The van der Waals surface area contributed by atoms with Gasteiger partial charge in [-0.15, -0.1) is 0 Å². The second-order valence-corrected chi connectivity index (χ2v) is 8.17. The number of benzene rings is 1. The van der Waals surface area contributed by atoms with E-state index < -0.39 is 27.4 Å². The van der Waals surface area contributed by atoms with Gasteiger partial charge in [0.05, 0.1) is 4.90 Å². The van der Waals surface area contributed by atoms with Crippen LogP contribution in [0.5, 0.6) is 0 Å². The Kier molecular flexibility index (Phi) is 4.97. The molecular weight excluding hydrogens is 381 g/mol. The number of carboxylic acid groups (broad SMARTS) is 1. The molecule has 0 fully saturated rings. The Morgan fingerprint density at radius 1 is 1.26 bits per heavy atom. The number of carbonyl (C=O) groups is 1. The lowest BCUT2D eigenvalue weighted by molar-refractivity contribution is -0.141. The van der Waals surface area contributed by atoms with Crippen molar-refractivity contribution in [2.24, 2.45) is 5.41 Å². The van der Waals surface area contributed by atoms with Crippen LogP contribution in [0.15, 0.2) is 29.2 Å². The van der Waals surface area contributed by atoms with E-state index in [2.05, 4.69) is 27.3 Å². The van der Waals surface area contributed by atoms with Gasteiger partial charge in [-0.3, -0.25) is 4.79 Å². The van der Waals surface area contributed by atoms with Crippen molar-refractivity contribution >= 4 is 38.6 Å². The summed E-state index contributed by atoms with van der Waals surface area (Å²) in [5.41, 5.74) is -0.720. The van der Waals surface area contributed by atoms with Crippen molar-refractivity contribution in [3.63, 3.8) is 0 Å². The monoisotopic (exact) mass is 397 g/mol. The first-order valence-corrected chi connectivity index (χ1v) is 8.11. The van der Waals surface area contributed by atoms with Crippen LogP contribution in [0.3, 0.4) is 0 Å². The number of rotatable bonds is 4. The topological polar surface area (TPSA) is 83.5 Å².